The summed E-state index contributed by atoms with van der Waals surface area (Å²) in [6, 6.07) is 34.1. The summed E-state index contributed by atoms with van der Waals surface area (Å²) in [5, 5.41) is 0. The van der Waals surface area contributed by atoms with E-state index in [2.05, 4.69) is 48.1 Å². The second-order valence-corrected chi connectivity index (χ2v) is 12.4. The number of hydrogen-bond acceptors (Lipinski definition) is 8. The van der Waals surface area contributed by atoms with E-state index in [9.17, 15) is 0 Å². The van der Waals surface area contributed by atoms with E-state index in [-0.39, 0.29) is 6.01 Å². The molecule has 0 saturated carbocycles. The first-order valence-corrected chi connectivity index (χ1v) is 17.2. The minimum absolute atomic E-state index is 0.222. The largest absolute Gasteiger partial charge is 0.493 e. The second kappa shape index (κ2) is 15.1. The van der Waals surface area contributed by atoms with E-state index in [0.29, 0.717) is 55.0 Å². The zero-order valence-electron chi connectivity index (χ0n) is 28.2. The summed E-state index contributed by atoms with van der Waals surface area (Å²) in [6.07, 6.45) is 5.53. The molecule has 2 fully saturated rings. The molecule has 8 heteroatoms. The van der Waals surface area contributed by atoms with Crippen molar-refractivity contribution in [2.24, 2.45) is 0 Å². The van der Waals surface area contributed by atoms with E-state index in [1.807, 2.05) is 79.7 Å². The predicted octanol–water partition coefficient (Wildman–Crippen LogP) is 9.60. The van der Waals surface area contributed by atoms with Crippen molar-refractivity contribution in [3.63, 3.8) is 0 Å². The van der Waals surface area contributed by atoms with Gasteiger partial charge in [0.25, 0.3) is 0 Å². The Labute approximate surface area is 288 Å². The molecule has 4 aromatic carbocycles. The summed E-state index contributed by atoms with van der Waals surface area (Å²) >= 11 is 0. The van der Waals surface area contributed by atoms with Crippen molar-refractivity contribution in [3.8, 4) is 57.1 Å². The molecular formula is C41H42N2O6. The molecule has 7 rings (SSSR count). The minimum atomic E-state index is 0.222. The van der Waals surface area contributed by atoms with Crippen molar-refractivity contribution in [1.29, 1.82) is 0 Å². The molecular weight excluding hydrogens is 616 g/mol. The molecule has 5 aromatic rings. The van der Waals surface area contributed by atoms with Crippen LogP contribution in [-0.2, 0) is 9.47 Å². The fourth-order valence-corrected chi connectivity index (χ4v) is 5.93. The van der Waals surface area contributed by atoms with E-state index in [0.717, 1.165) is 65.1 Å². The molecule has 1 aromatic heterocycles. The van der Waals surface area contributed by atoms with E-state index < -0.39 is 0 Å². The maximum absolute atomic E-state index is 6.09. The van der Waals surface area contributed by atoms with Gasteiger partial charge in [0.2, 0.25) is 5.88 Å². The number of nitrogens with zero attached hydrogens (tertiary/aromatic N) is 2. The van der Waals surface area contributed by atoms with Gasteiger partial charge in [-0.05, 0) is 90.6 Å². The van der Waals surface area contributed by atoms with E-state index in [1.165, 1.54) is 0 Å². The molecule has 0 aliphatic carbocycles. The summed E-state index contributed by atoms with van der Waals surface area (Å²) in [4.78, 5) is 8.96. The highest BCUT2D eigenvalue weighted by Crippen LogP contribution is 2.32. The van der Waals surface area contributed by atoms with Gasteiger partial charge in [0.1, 0.15) is 23.0 Å². The molecule has 0 N–H and O–H groups in total. The maximum atomic E-state index is 6.09. The highest BCUT2D eigenvalue weighted by Gasteiger charge is 2.37. The molecule has 4 atom stereocenters. The van der Waals surface area contributed by atoms with Crippen LogP contribution in [0.15, 0.2) is 103 Å². The third-order valence-corrected chi connectivity index (χ3v) is 8.85. The average Bonchev–Trinajstić information content (AvgIpc) is 4.06. The molecule has 3 heterocycles. The Morgan fingerprint density at radius 2 is 0.918 bits per heavy atom. The molecule has 8 nitrogen and oxygen atoms in total. The molecule has 252 valence electrons. The Hall–Kier alpha value is -4.92. The Kier molecular flexibility index (Phi) is 10.1. The van der Waals surface area contributed by atoms with E-state index in [1.54, 1.807) is 6.07 Å². The van der Waals surface area contributed by atoms with Crippen LogP contribution < -0.4 is 18.9 Å². The Bertz CT molecular complexity index is 1680. The van der Waals surface area contributed by atoms with Crippen molar-refractivity contribution in [2.45, 2.75) is 70.9 Å². The number of rotatable bonds is 16. The molecule has 2 aliphatic heterocycles. The van der Waals surface area contributed by atoms with Gasteiger partial charge in [-0.1, -0.05) is 62.4 Å². The summed E-state index contributed by atoms with van der Waals surface area (Å²) in [5.74, 6) is 3.44. The number of ether oxygens (including phenoxy) is 6. The normalized spacial score (nSPS) is 19.2. The van der Waals surface area contributed by atoms with Crippen LogP contribution >= 0.6 is 0 Å². The molecule has 49 heavy (non-hydrogen) atoms. The van der Waals surface area contributed by atoms with Crippen LogP contribution in [0.2, 0.25) is 0 Å². The molecule has 2 saturated heterocycles. The van der Waals surface area contributed by atoms with Crippen molar-refractivity contribution >= 4 is 0 Å². The molecule has 0 radical (unpaired) electrons. The lowest BCUT2D eigenvalue weighted by Crippen LogP contribution is -2.03. The Morgan fingerprint density at radius 3 is 1.33 bits per heavy atom. The van der Waals surface area contributed by atoms with Gasteiger partial charge in [-0.2, -0.15) is 9.97 Å². The zero-order valence-corrected chi connectivity index (χ0v) is 28.2. The Morgan fingerprint density at radius 1 is 0.510 bits per heavy atom. The standard InChI is InChI=1S/C41H42N2O6/c1-4-36-38(48-36)22-24-44-32-14-6-28(7-15-32)30-10-18-34(19-11-30)46-40-26-27(3)42-41(43-40)47-35-20-12-31(13-21-35)29-8-16-33(17-9-29)45-25-23-39-37(5-2)49-39/h6-21,26,36-39H,4-5,22-25H2,1-3H3. The quantitative estimate of drug-likeness (QED) is 0.0969. The Balaban J connectivity index is 0.904. The van der Waals surface area contributed by atoms with Crippen LogP contribution in [0.1, 0.15) is 45.2 Å². The van der Waals surface area contributed by atoms with Crippen LogP contribution in [0.25, 0.3) is 22.3 Å². The van der Waals surface area contributed by atoms with Crippen LogP contribution in [-0.4, -0.2) is 47.6 Å². The smallest absolute Gasteiger partial charge is 0.325 e. The van der Waals surface area contributed by atoms with Gasteiger partial charge in [0.15, 0.2) is 0 Å². The van der Waals surface area contributed by atoms with Crippen LogP contribution in [0.5, 0.6) is 34.9 Å². The average molecular weight is 659 g/mol. The van der Waals surface area contributed by atoms with Crippen molar-refractivity contribution < 1.29 is 28.4 Å². The second-order valence-electron chi connectivity index (χ2n) is 12.4. The van der Waals surface area contributed by atoms with Crippen LogP contribution in [0.4, 0.5) is 0 Å². The van der Waals surface area contributed by atoms with Gasteiger partial charge >= 0.3 is 6.01 Å². The molecule has 0 bridgehead atoms. The first kappa shape index (κ1) is 32.6. The summed E-state index contributed by atoms with van der Waals surface area (Å²) in [7, 11) is 0. The summed E-state index contributed by atoms with van der Waals surface area (Å²) in [5.41, 5.74) is 5.08. The van der Waals surface area contributed by atoms with E-state index in [4.69, 9.17) is 28.4 Å². The lowest BCUT2D eigenvalue weighted by Gasteiger charge is -2.10. The number of epoxide rings is 2. The lowest BCUT2D eigenvalue weighted by atomic mass is 10.1. The highest BCUT2D eigenvalue weighted by atomic mass is 16.6. The zero-order chi connectivity index (χ0) is 33.6. The van der Waals surface area contributed by atoms with Gasteiger partial charge in [0.05, 0.1) is 37.6 Å². The number of hydrogen-bond donors (Lipinski definition) is 0. The fraction of sp³-hybridized carbons (Fsp3) is 0.317. The summed E-state index contributed by atoms with van der Waals surface area (Å²) in [6.45, 7) is 7.51. The predicted molar refractivity (Wildman–Crippen MR) is 189 cm³/mol. The van der Waals surface area contributed by atoms with Crippen LogP contribution in [0, 0.1) is 6.92 Å². The SMILES string of the molecule is CCC1OC1CCOc1ccc(-c2ccc(Oc3cc(C)nc(Oc4ccc(-c5ccc(OCCC6OC6CC)cc5)cc4)n3)cc2)cc1. The highest BCUT2D eigenvalue weighted by molar-refractivity contribution is 5.66. The lowest BCUT2D eigenvalue weighted by molar-refractivity contribution is 0.280. The van der Waals surface area contributed by atoms with Crippen LogP contribution in [0.3, 0.4) is 0 Å². The number of aromatic nitrogens is 2. The molecule has 2 aliphatic rings. The minimum Gasteiger partial charge on any atom is -0.493 e. The first-order valence-electron chi connectivity index (χ1n) is 17.2. The fourth-order valence-electron chi connectivity index (χ4n) is 5.93. The third kappa shape index (κ3) is 8.76. The van der Waals surface area contributed by atoms with Crippen molar-refractivity contribution in [1.82, 2.24) is 9.97 Å². The maximum Gasteiger partial charge on any atom is 0.325 e. The van der Waals surface area contributed by atoms with E-state index >= 15 is 0 Å². The molecule has 0 spiro atoms. The molecule has 0 amide bonds. The van der Waals surface area contributed by atoms with Gasteiger partial charge < -0.3 is 28.4 Å². The number of aryl methyl sites for hydroxylation is 1. The monoisotopic (exact) mass is 658 g/mol. The van der Waals surface area contributed by atoms with Gasteiger partial charge in [-0.3, -0.25) is 0 Å². The molecule has 4 unspecified atom stereocenters. The van der Waals surface area contributed by atoms with Crippen molar-refractivity contribution in [2.75, 3.05) is 13.2 Å². The number of benzene rings is 4. The van der Waals surface area contributed by atoms with Gasteiger partial charge in [0, 0.05) is 24.6 Å². The van der Waals surface area contributed by atoms with Crippen molar-refractivity contribution in [3.05, 3.63) is 109 Å². The third-order valence-electron chi connectivity index (χ3n) is 8.85. The first-order chi connectivity index (χ1) is 24.0. The van der Waals surface area contributed by atoms with Gasteiger partial charge in [-0.15, -0.1) is 0 Å². The van der Waals surface area contributed by atoms with Gasteiger partial charge in [-0.25, -0.2) is 0 Å². The summed E-state index contributed by atoms with van der Waals surface area (Å²) < 4.78 is 35.1. The topological polar surface area (TPSA) is 87.8 Å².